The van der Waals surface area contributed by atoms with Crippen LogP contribution in [0.2, 0.25) is 0 Å². The molecule has 1 heterocycles. The molecule has 0 saturated carbocycles. The monoisotopic (exact) mass is 279 g/mol. The van der Waals surface area contributed by atoms with Crippen LogP contribution in [-0.2, 0) is 6.42 Å². The van der Waals surface area contributed by atoms with E-state index < -0.39 is 0 Å². The zero-order valence-corrected chi connectivity index (χ0v) is 11.3. The summed E-state index contributed by atoms with van der Waals surface area (Å²) in [4.78, 5) is 4.33. The van der Waals surface area contributed by atoms with Gasteiger partial charge < -0.3 is 0 Å². The first kappa shape index (κ1) is 13.4. The smallest absolute Gasteiger partial charge is 0.123 e. The standard InChI is InChI=1S/C17H14FN3/c18-14-7-5-12(6-8-14)17(21-19)11-13-9-10-20-16-4-2-1-3-15(13)16/h1-10,17,19H,11H2. The van der Waals surface area contributed by atoms with Crippen molar-refractivity contribution < 1.29 is 4.39 Å². The molecule has 21 heavy (non-hydrogen) atoms. The molecule has 1 atom stereocenters. The van der Waals surface area contributed by atoms with Crippen LogP contribution in [0.4, 0.5) is 4.39 Å². The van der Waals surface area contributed by atoms with E-state index in [-0.39, 0.29) is 11.9 Å². The third-order valence-electron chi connectivity index (χ3n) is 3.56. The van der Waals surface area contributed by atoms with E-state index in [1.165, 1.54) is 12.1 Å². The van der Waals surface area contributed by atoms with Crippen LogP contribution in [0, 0.1) is 11.3 Å². The third kappa shape index (κ3) is 2.79. The molecular formula is C17H14FN3. The summed E-state index contributed by atoms with van der Waals surface area (Å²) < 4.78 is 13.0. The van der Waals surface area contributed by atoms with Crippen molar-refractivity contribution in [3.05, 3.63) is 77.7 Å². The quantitative estimate of drug-likeness (QED) is 0.692. The maximum Gasteiger partial charge on any atom is 0.123 e. The van der Waals surface area contributed by atoms with E-state index in [1.54, 1.807) is 18.3 Å². The molecule has 4 heteroatoms. The van der Waals surface area contributed by atoms with Gasteiger partial charge in [0.15, 0.2) is 0 Å². The highest BCUT2D eigenvalue weighted by molar-refractivity contribution is 5.81. The third-order valence-corrected chi connectivity index (χ3v) is 3.56. The molecule has 1 N–H and O–H groups in total. The van der Waals surface area contributed by atoms with Gasteiger partial charge in [-0.15, -0.1) is 0 Å². The Morgan fingerprint density at radius 1 is 1.05 bits per heavy atom. The molecule has 3 nitrogen and oxygen atoms in total. The molecular weight excluding hydrogens is 265 g/mol. The van der Waals surface area contributed by atoms with Gasteiger partial charge in [-0.25, -0.2) is 9.92 Å². The van der Waals surface area contributed by atoms with Gasteiger partial charge in [-0.2, -0.15) is 5.11 Å². The molecule has 0 spiro atoms. The molecule has 104 valence electrons. The fraction of sp³-hybridized carbons (Fsp3) is 0.118. The summed E-state index contributed by atoms with van der Waals surface area (Å²) in [6.07, 6.45) is 2.36. The van der Waals surface area contributed by atoms with Crippen LogP contribution in [0.3, 0.4) is 0 Å². The molecule has 0 aliphatic carbocycles. The molecule has 0 bridgehead atoms. The van der Waals surface area contributed by atoms with Crippen molar-refractivity contribution in [2.75, 3.05) is 0 Å². The second-order valence-electron chi connectivity index (χ2n) is 4.89. The number of halogens is 1. The summed E-state index contributed by atoms with van der Waals surface area (Å²) in [6, 6.07) is 15.7. The first-order chi connectivity index (χ1) is 10.3. The number of pyridine rings is 1. The minimum absolute atomic E-state index is 0.281. The molecule has 0 fully saturated rings. The SMILES string of the molecule is N=NC(Cc1ccnc2ccccc12)c1ccc(F)cc1. The molecule has 2 aromatic carbocycles. The van der Waals surface area contributed by atoms with Gasteiger partial charge in [-0.05, 0) is 35.4 Å². The molecule has 0 amide bonds. The molecule has 0 aliphatic heterocycles. The number of hydrogen-bond acceptors (Lipinski definition) is 3. The lowest BCUT2D eigenvalue weighted by Crippen LogP contribution is -2.01. The molecule has 1 unspecified atom stereocenters. The number of nitrogens with one attached hydrogen (secondary N) is 1. The average molecular weight is 279 g/mol. The lowest BCUT2D eigenvalue weighted by molar-refractivity contribution is 0.621. The van der Waals surface area contributed by atoms with Gasteiger partial charge in [0.2, 0.25) is 0 Å². The Morgan fingerprint density at radius 2 is 1.81 bits per heavy atom. The summed E-state index contributed by atoms with van der Waals surface area (Å²) in [5.41, 5.74) is 10.3. The van der Waals surface area contributed by atoms with Gasteiger partial charge in [0.05, 0.1) is 11.6 Å². The predicted octanol–water partition coefficient (Wildman–Crippen LogP) is 4.69. The Hall–Kier alpha value is -2.62. The number of para-hydroxylation sites is 1. The van der Waals surface area contributed by atoms with Gasteiger partial charge in [-0.3, -0.25) is 4.98 Å². The molecule has 1 aromatic heterocycles. The van der Waals surface area contributed by atoms with Gasteiger partial charge in [0, 0.05) is 18.0 Å². The van der Waals surface area contributed by atoms with E-state index in [2.05, 4.69) is 10.1 Å². The highest BCUT2D eigenvalue weighted by atomic mass is 19.1. The second kappa shape index (κ2) is 5.79. The largest absolute Gasteiger partial charge is 0.256 e. The topological polar surface area (TPSA) is 49.1 Å². The Balaban J connectivity index is 1.96. The van der Waals surface area contributed by atoms with Gasteiger partial charge in [0.1, 0.15) is 5.82 Å². The molecule has 0 saturated heterocycles. The summed E-state index contributed by atoms with van der Waals surface area (Å²) in [6.45, 7) is 0. The number of aromatic nitrogens is 1. The van der Waals surface area contributed by atoms with Gasteiger partial charge in [-0.1, -0.05) is 30.3 Å². The fourth-order valence-corrected chi connectivity index (χ4v) is 2.46. The Morgan fingerprint density at radius 3 is 2.57 bits per heavy atom. The van der Waals surface area contributed by atoms with Crippen molar-refractivity contribution >= 4 is 10.9 Å². The Bertz CT molecular complexity index is 763. The van der Waals surface area contributed by atoms with Crippen LogP contribution >= 0.6 is 0 Å². The zero-order valence-electron chi connectivity index (χ0n) is 11.3. The van der Waals surface area contributed by atoms with E-state index in [4.69, 9.17) is 5.53 Å². The number of nitrogens with zero attached hydrogens (tertiary/aromatic N) is 2. The summed E-state index contributed by atoms with van der Waals surface area (Å²) in [5.74, 6) is -0.281. The van der Waals surface area contributed by atoms with Crippen LogP contribution in [0.1, 0.15) is 17.2 Å². The molecule has 0 aliphatic rings. The predicted molar refractivity (Wildman–Crippen MR) is 79.7 cm³/mol. The van der Waals surface area contributed by atoms with Gasteiger partial charge >= 0.3 is 0 Å². The normalized spacial score (nSPS) is 12.2. The van der Waals surface area contributed by atoms with E-state index in [9.17, 15) is 4.39 Å². The van der Waals surface area contributed by atoms with Crippen LogP contribution in [-0.4, -0.2) is 4.98 Å². The van der Waals surface area contributed by atoms with Crippen LogP contribution < -0.4 is 0 Å². The molecule has 0 radical (unpaired) electrons. The Labute approximate surface area is 122 Å². The zero-order chi connectivity index (χ0) is 14.7. The minimum Gasteiger partial charge on any atom is -0.256 e. The highest BCUT2D eigenvalue weighted by Crippen LogP contribution is 2.26. The second-order valence-corrected chi connectivity index (χ2v) is 4.89. The van der Waals surface area contributed by atoms with Crippen molar-refractivity contribution in [3.8, 4) is 0 Å². The van der Waals surface area contributed by atoms with Crippen molar-refractivity contribution in [1.82, 2.24) is 4.98 Å². The maximum absolute atomic E-state index is 13.0. The first-order valence-electron chi connectivity index (χ1n) is 6.72. The lowest BCUT2D eigenvalue weighted by Gasteiger charge is -2.13. The number of benzene rings is 2. The maximum atomic E-state index is 13.0. The Kier molecular flexibility index (Phi) is 3.69. The van der Waals surface area contributed by atoms with Crippen LogP contribution in [0.25, 0.3) is 10.9 Å². The number of rotatable bonds is 4. The molecule has 3 aromatic rings. The average Bonchev–Trinajstić information content (AvgIpc) is 2.54. The van der Waals surface area contributed by atoms with E-state index in [0.29, 0.717) is 6.42 Å². The summed E-state index contributed by atoms with van der Waals surface area (Å²) in [5, 5.41) is 4.76. The lowest BCUT2D eigenvalue weighted by atomic mass is 9.97. The van der Waals surface area contributed by atoms with Crippen molar-refractivity contribution in [1.29, 1.82) is 5.53 Å². The van der Waals surface area contributed by atoms with Crippen LogP contribution in [0.15, 0.2) is 65.9 Å². The minimum atomic E-state index is -0.309. The number of hydrogen-bond donors (Lipinski definition) is 1. The summed E-state index contributed by atoms with van der Waals surface area (Å²) >= 11 is 0. The fourth-order valence-electron chi connectivity index (χ4n) is 2.46. The highest BCUT2D eigenvalue weighted by Gasteiger charge is 2.13. The van der Waals surface area contributed by atoms with E-state index in [1.807, 2.05) is 30.3 Å². The first-order valence-corrected chi connectivity index (χ1v) is 6.72. The van der Waals surface area contributed by atoms with Crippen molar-refractivity contribution in [3.63, 3.8) is 0 Å². The molecule has 3 rings (SSSR count). The van der Waals surface area contributed by atoms with Gasteiger partial charge in [0.25, 0.3) is 0 Å². The van der Waals surface area contributed by atoms with Crippen molar-refractivity contribution in [2.45, 2.75) is 12.5 Å². The van der Waals surface area contributed by atoms with E-state index in [0.717, 1.165) is 22.0 Å². The summed E-state index contributed by atoms with van der Waals surface area (Å²) in [7, 11) is 0. The van der Waals surface area contributed by atoms with Crippen molar-refractivity contribution in [2.24, 2.45) is 5.11 Å². The number of fused-ring (bicyclic) bond motifs is 1. The van der Waals surface area contributed by atoms with Crippen LogP contribution in [0.5, 0.6) is 0 Å². The van der Waals surface area contributed by atoms with E-state index >= 15 is 0 Å².